The Morgan fingerprint density at radius 3 is 2.80 bits per heavy atom. The van der Waals surface area contributed by atoms with Crippen molar-refractivity contribution in [2.45, 2.75) is 6.54 Å². The van der Waals surface area contributed by atoms with Gasteiger partial charge >= 0.3 is 0 Å². The molecule has 15 heavy (non-hydrogen) atoms. The summed E-state index contributed by atoms with van der Waals surface area (Å²) < 4.78 is 0. The fourth-order valence-corrected chi connectivity index (χ4v) is 1.41. The molecule has 2 rings (SSSR count). The Bertz CT molecular complexity index is 431. The lowest BCUT2D eigenvalue weighted by Crippen LogP contribution is -2.00. The predicted molar refractivity (Wildman–Crippen MR) is 60.8 cm³/mol. The van der Waals surface area contributed by atoms with Gasteiger partial charge in [-0.05, 0) is 29.8 Å². The fourth-order valence-electron chi connectivity index (χ4n) is 1.21. The van der Waals surface area contributed by atoms with Crippen LogP contribution < -0.4 is 5.32 Å². The normalized spacial score (nSPS) is 9.93. The fraction of sp³-hybridized carbons (Fsp3) is 0.0909. The standard InChI is InChI=1S/C11H10ClN3/c12-10-7-9(4-6-13-10)8-15-11-3-1-2-5-14-11/h1-7H,8H2,(H,14,15). The van der Waals surface area contributed by atoms with Crippen LogP contribution in [0.4, 0.5) is 5.82 Å². The summed E-state index contributed by atoms with van der Waals surface area (Å²) in [6.07, 6.45) is 3.44. The van der Waals surface area contributed by atoms with Gasteiger partial charge in [-0.25, -0.2) is 9.97 Å². The molecule has 0 aromatic carbocycles. The lowest BCUT2D eigenvalue weighted by molar-refractivity contribution is 1.10. The van der Waals surface area contributed by atoms with Gasteiger partial charge in [-0.1, -0.05) is 17.7 Å². The van der Waals surface area contributed by atoms with Gasteiger partial charge in [0.1, 0.15) is 11.0 Å². The molecule has 2 aromatic rings. The Balaban J connectivity index is 1.99. The second-order valence-corrected chi connectivity index (χ2v) is 3.44. The first-order valence-corrected chi connectivity index (χ1v) is 4.98. The number of aromatic nitrogens is 2. The Morgan fingerprint density at radius 2 is 2.07 bits per heavy atom. The number of nitrogens with zero attached hydrogens (tertiary/aromatic N) is 2. The maximum Gasteiger partial charge on any atom is 0.129 e. The van der Waals surface area contributed by atoms with Crippen molar-refractivity contribution in [1.82, 2.24) is 9.97 Å². The molecule has 2 heterocycles. The van der Waals surface area contributed by atoms with Gasteiger partial charge in [0.05, 0.1) is 0 Å². The zero-order chi connectivity index (χ0) is 10.5. The van der Waals surface area contributed by atoms with Crippen molar-refractivity contribution in [3.05, 3.63) is 53.4 Å². The summed E-state index contributed by atoms with van der Waals surface area (Å²) in [4.78, 5) is 8.07. The quantitative estimate of drug-likeness (QED) is 0.807. The van der Waals surface area contributed by atoms with Crippen LogP contribution in [0.2, 0.25) is 5.15 Å². The molecule has 0 radical (unpaired) electrons. The molecule has 3 nitrogen and oxygen atoms in total. The summed E-state index contributed by atoms with van der Waals surface area (Å²) in [6, 6.07) is 9.49. The predicted octanol–water partition coefficient (Wildman–Crippen LogP) is 2.74. The third-order valence-electron chi connectivity index (χ3n) is 1.93. The first kappa shape index (κ1) is 9.93. The molecule has 0 aliphatic carbocycles. The van der Waals surface area contributed by atoms with Gasteiger partial charge in [-0.2, -0.15) is 0 Å². The van der Waals surface area contributed by atoms with E-state index in [4.69, 9.17) is 11.6 Å². The summed E-state index contributed by atoms with van der Waals surface area (Å²) in [5.41, 5.74) is 1.08. The molecule has 2 aromatic heterocycles. The molecule has 4 heteroatoms. The second kappa shape index (κ2) is 4.75. The molecule has 0 amide bonds. The number of hydrogen-bond acceptors (Lipinski definition) is 3. The largest absolute Gasteiger partial charge is 0.366 e. The third-order valence-corrected chi connectivity index (χ3v) is 2.14. The van der Waals surface area contributed by atoms with Crippen molar-refractivity contribution >= 4 is 17.4 Å². The van der Waals surface area contributed by atoms with E-state index in [0.29, 0.717) is 11.7 Å². The summed E-state index contributed by atoms with van der Waals surface area (Å²) in [5, 5.41) is 3.70. The van der Waals surface area contributed by atoms with Crippen molar-refractivity contribution in [2.75, 3.05) is 5.32 Å². The first-order chi connectivity index (χ1) is 7.34. The summed E-state index contributed by atoms with van der Waals surface area (Å²) in [6.45, 7) is 0.694. The molecular formula is C11H10ClN3. The molecule has 0 saturated carbocycles. The smallest absolute Gasteiger partial charge is 0.129 e. The minimum absolute atomic E-state index is 0.510. The molecule has 0 unspecified atom stereocenters. The van der Waals surface area contributed by atoms with Crippen LogP contribution in [0.25, 0.3) is 0 Å². The van der Waals surface area contributed by atoms with Gasteiger partial charge in [0.2, 0.25) is 0 Å². The van der Waals surface area contributed by atoms with Gasteiger partial charge in [0.25, 0.3) is 0 Å². The van der Waals surface area contributed by atoms with Crippen molar-refractivity contribution < 1.29 is 0 Å². The summed E-state index contributed by atoms with van der Waals surface area (Å²) in [7, 11) is 0. The van der Waals surface area contributed by atoms with Crippen LogP contribution in [0.15, 0.2) is 42.7 Å². The highest BCUT2D eigenvalue weighted by molar-refractivity contribution is 6.29. The maximum atomic E-state index is 5.77. The molecule has 0 atom stereocenters. The van der Waals surface area contributed by atoms with E-state index in [0.717, 1.165) is 11.4 Å². The van der Waals surface area contributed by atoms with E-state index >= 15 is 0 Å². The highest BCUT2D eigenvalue weighted by Gasteiger charge is 1.95. The first-order valence-electron chi connectivity index (χ1n) is 4.60. The van der Waals surface area contributed by atoms with Gasteiger partial charge in [0, 0.05) is 18.9 Å². The van der Waals surface area contributed by atoms with Gasteiger partial charge in [0.15, 0.2) is 0 Å². The van der Waals surface area contributed by atoms with Crippen LogP contribution in [0.3, 0.4) is 0 Å². The highest BCUT2D eigenvalue weighted by atomic mass is 35.5. The maximum absolute atomic E-state index is 5.77. The van der Waals surface area contributed by atoms with E-state index in [9.17, 15) is 0 Å². The number of hydrogen-bond donors (Lipinski definition) is 1. The molecule has 0 aliphatic rings. The number of nitrogens with one attached hydrogen (secondary N) is 1. The minimum atomic E-state index is 0.510. The lowest BCUT2D eigenvalue weighted by Gasteiger charge is -2.04. The molecule has 1 N–H and O–H groups in total. The van der Waals surface area contributed by atoms with Gasteiger partial charge in [-0.3, -0.25) is 0 Å². The Kier molecular flexibility index (Phi) is 3.15. The summed E-state index contributed by atoms with van der Waals surface area (Å²) in [5.74, 6) is 0.852. The Hall–Kier alpha value is -1.61. The average molecular weight is 220 g/mol. The monoisotopic (exact) mass is 219 g/mol. The number of rotatable bonds is 3. The van der Waals surface area contributed by atoms with E-state index in [-0.39, 0.29) is 0 Å². The lowest BCUT2D eigenvalue weighted by atomic mass is 10.3. The SMILES string of the molecule is Clc1cc(CNc2ccccn2)ccn1. The van der Waals surface area contributed by atoms with Crippen molar-refractivity contribution in [3.8, 4) is 0 Å². The van der Waals surface area contributed by atoms with Crippen LogP contribution in [0, 0.1) is 0 Å². The molecule has 0 aliphatic heterocycles. The molecule has 76 valence electrons. The zero-order valence-corrected chi connectivity index (χ0v) is 8.78. The molecule has 0 spiro atoms. The minimum Gasteiger partial charge on any atom is -0.366 e. The highest BCUT2D eigenvalue weighted by Crippen LogP contribution is 2.09. The molecule has 0 fully saturated rings. The van der Waals surface area contributed by atoms with E-state index < -0.39 is 0 Å². The van der Waals surface area contributed by atoms with Crippen molar-refractivity contribution in [1.29, 1.82) is 0 Å². The Morgan fingerprint density at radius 1 is 1.13 bits per heavy atom. The van der Waals surface area contributed by atoms with E-state index in [2.05, 4.69) is 15.3 Å². The van der Waals surface area contributed by atoms with Crippen LogP contribution >= 0.6 is 11.6 Å². The van der Waals surface area contributed by atoms with Gasteiger partial charge in [-0.15, -0.1) is 0 Å². The number of halogens is 1. The second-order valence-electron chi connectivity index (χ2n) is 3.06. The summed E-state index contributed by atoms with van der Waals surface area (Å²) >= 11 is 5.77. The van der Waals surface area contributed by atoms with Crippen LogP contribution in [-0.2, 0) is 6.54 Å². The zero-order valence-electron chi connectivity index (χ0n) is 8.02. The molecule has 0 bridgehead atoms. The van der Waals surface area contributed by atoms with Crippen molar-refractivity contribution in [3.63, 3.8) is 0 Å². The van der Waals surface area contributed by atoms with Crippen LogP contribution in [0.5, 0.6) is 0 Å². The van der Waals surface area contributed by atoms with Crippen LogP contribution in [-0.4, -0.2) is 9.97 Å². The van der Waals surface area contributed by atoms with Gasteiger partial charge < -0.3 is 5.32 Å². The average Bonchev–Trinajstić information content (AvgIpc) is 2.28. The topological polar surface area (TPSA) is 37.8 Å². The van der Waals surface area contributed by atoms with E-state index in [1.54, 1.807) is 12.4 Å². The molecule has 0 saturated heterocycles. The number of anilines is 1. The Labute approximate surface area is 93.1 Å². The van der Waals surface area contributed by atoms with Crippen LogP contribution in [0.1, 0.15) is 5.56 Å². The number of pyridine rings is 2. The van der Waals surface area contributed by atoms with E-state index in [1.807, 2.05) is 30.3 Å². The van der Waals surface area contributed by atoms with Crippen molar-refractivity contribution in [2.24, 2.45) is 0 Å². The third kappa shape index (κ3) is 2.92. The van der Waals surface area contributed by atoms with E-state index in [1.165, 1.54) is 0 Å². The molecular weight excluding hydrogens is 210 g/mol.